The van der Waals surface area contributed by atoms with Gasteiger partial charge in [0.1, 0.15) is 5.76 Å². The minimum Gasteiger partial charge on any atom is -0.475 e. The molecule has 2 rings (SSSR count). The molecule has 100 valence electrons. The molecule has 0 amide bonds. The Hall–Kier alpha value is -1.65. The van der Waals surface area contributed by atoms with Gasteiger partial charge < -0.3 is 14.8 Å². The molecule has 1 aromatic carbocycles. The molecule has 2 N–H and O–H groups in total. The van der Waals surface area contributed by atoms with Gasteiger partial charge >= 0.3 is 5.97 Å². The van der Waals surface area contributed by atoms with Crippen molar-refractivity contribution in [2.45, 2.75) is 13.0 Å². The van der Waals surface area contributed by atoms with Crippen molar-refractivity contribution >= 4 is 34.9 Å². The Morgan fingerprint density at radius 2 is 2.05 bits per heavy atom. The van der Waals surface area contributed by atoms with E-state index in [1.54, 1.807) is 24.3 Å². The summed E-state index contributed by atoms with van der Waals surface area (Å²) in [6.45, 7) is 1.84. The van der Waals surface area contributed by atoms with Gasteiger partial charge in [-0.3, -0.25) is 0 Å². The number of hydrogen-bond donors (Lipinski definition) is 2. The molecule has 0 saturated heterocycles. The van der Waals surface area contributed by atoms with Crippen LogP contribution in [0.4, 0.5) is 5.69 Å². The number of nitrogens with one attached hydrogen (secondary N) is 1. The lowest BCUT2D eigenvalue weighted by atomic mass is 10.2. The molecule has 0 aliphatic heterocycles. The highest BCUT2D eigenvalue weighted by atomic mass is 35.5. The van der Waals surface area contributed by atoms with Gasteiger partial charge in [-0.05, 0) is 37.3 Å². The fourth-order valence-corrected chi connectivity index (χ4v) is 2.07. The minimum absolute atomic E-state index is 0.0918. The number of furan rings is 1. The zero-order valence-electron chi connectivity index (χ0n) is 9.98. The average Bonchev–Trinajstić information content (AvgIpc) is 2.82. The van der Waals surface area contributed by atoms with Crippen molar-refractivity contribution in [2.75, 3.05) is 5.32 Å². The molecule has 6 heteroatoms. The van der Waals surface area contributed by atoms with Crippen LogP contribution in [0.2, 0.25) is 10.0 Å². The highest BCUT2D eigenvalue weighted by Crippen LogP contribution is 2.29. The first-order valence-electron chi connectivity index (χ1n) is 5.52. The normalized spacial score (nSPS) is 12.2. The molecule has 0 aliphatic rings. The molecular weight excluding hydrogens is 289 g/mol. The van der Waals surface area contributed by atoms with E-state index in [9.17, 15) is 4.79 Å². The maximum atomic E-state index is 10.7. The fraction of sp³-hybridized carbons (Fsp3) is 0.154. The predicted molar refractivity (Wildman–Crippen MR) is 74.2 cm³/mol. The zero-order valence-corrected chi connectivity index (χ0v) is 11.5. The van der Waals surface area contributed by atoms with Gasteiger partial charge in [-0.25, -0.2) is 4.79 Å². The van der Waals surface area contributed by atoms with Crippen LogP contribution < -0.4 is 5.32 Å². The van der Waals surface area contributed by atoms with Crippen molar-refractivity contribution in [3.63, 3.8) is 0 Å². The number of aromatic carboxylic acids is 1. The van der Waals surface area contributed by atoms with Crippen LogP contribution in [0.25, 0.3) is 0 Å². The highest BCUT2D eigenvalue weighted by Gasteiger charge is 2.15. The Labute approximate surface area is 119 Å². The molecule has 0 fully saturated rings. The van der Waals surface area contributed by atoms with Gasteiger partial charge in [-0.15, -0.1) is 0 Å². The number of carbonyl (C=O) groups is 1. The fourth-order valence-electron chi connectivity index (χ4n) is 1.61. The number of benzene rings is 1. The third kappa shape index (κ3) is 3.22. The van der Waals surface area contributed by atoms with Crippen molar-refractivity contribution in [1.82, 2.24) is 0 Å². The van der Waals surface area contributed by atoms with Gasteiger partial charge in [-0.1, -0.05) is 23.2 Å². The Balaban J connectivity index is 2.15. The number of carboxylic acids is 1. The lowest BCUT2D eigenvalue weighted by Crippen LogP contribution is -2.06. The first-order valence-corrected chi connectivity index (χ1v) is 6.27. The second-order valence-corrected chi connectivity index (χ2v) is 4.84. The van der Waals surface area contributed by atoms with E-state index in [2.05, 4.69) is 5.32 Å². The van der Waals surface area contributed by atoms with Gasteiger partial charge in [0.05, 0.1) is 16.8 Å². The average molecular weight is 300 g/mol. The van der Waals surface area contributed by atoms with Crippen molar-refractivity contribution in [2.24, 2.45) is 0 Å². The number of rotatable bonds is 4. The Bertz CT molecular complexity index is 610. The van der Waals surface area contributed by atoms with Crippen LogP contribution in [-0.2, 0) is 0 Å². The van der Waals surface area contributed by atoms with Crippen molar-refractivity contribution in [3.8, 4) is 0 Å². The molecule has 0 spiro atoms. The summed E-state index contributed by atoms with van der Waals surface area (Å²) in [5.41, 5.74) is 0.701. The summed E-state index contributed by atoms with van der Waals surface area (Å²) in [6, 6.07) is 7.91. The number of hydrogen-bond acceptors (Lipinski definition) is 3. The van der Waals surface area contributed by atoms with E-state index in [1.807, 2.05) is 6.92 Å². The Morgan fingerprint density at radius 1 is 1.32 bits per heavy atom. The second kappa shape index (κ2) is 5.55. The summed E-state index contributed by atoms with van der Waals surface area (Å²) in [6.07, 6.45) is 0. The van der Waals surface area contributed by atoms with E-state index in [1.165, 1.54) is 6.07 Å². The van der Waals surface area contributed by atoms with Crippen LogP contribution in [0.1, 0.15) is 29.3 Å². The molecule has 1 aromatic heterocycles. The third-order valence-electron chi connectivity index (χ3n) is 2.57. The van der Waals surface area contributed by atoms with Crippen LogP contribution in [-0.4, -0.2) is 11.1 Å². The first-order chi connectivity index (χ1) is 8.97. The van der Waals surface area contributed by atoms with Crippen molar-refractivity contribution in [1.29, 1.82) is 0 Å². The summed E-state index contributed by atoms with van der Waals surface area (Å²) in [5, 5.41) is 13.0. The molecule has 1 heterocycles. The predicted octanol–water partition coefficient (Wildman–Crippen LogP) is 4.46. The number of anilines is 1. The molecule has 2 aromatic rings. The highest BCUT2D eigenvalue weighted by molar-refractivity contribution is 6.36. The Morgan fingerprint density at radius 3 is 2.63 bits per heavy atom. The summed E-state index contributed by atoms with van der Waals surface area (Å²) < 4.78 is 5.21. The van der Waals surface area contributed by atoms with Crippen LogP contribution in [0.15, 0.2) is 34.7 Å². The van der Waals surface area contributed by atoms with E-state index in [0.717, 1.165) is 0 Å². The summed E-state index contributed by atoms with van der Waals surface area (Å²) in [4.78, 5) is 10.7. The molecule has 0 saturated carbocycles. The van der Waals surface area contributed by atoms with Gasteiger partial charge in [0.15, 0.2) is 0 Å². The quantitative estimate of drug-likeness (QED) is 0.875. The number of halogens is 2. The SMILES string of the molecule is CC(Nc1ccc(Cl)cc1Cl)c1ccc(C(=O)O)o1. The zero-order chi connectivity index (χ0) is 14.0. The van der Waals surface area contributed by atoms with E-state index in [0.29, 0.717) is 21.5 Å². The van der Waals surface area contributed by atoms with E-state index >= 15 is 0 Å². The van der Waals surface area contributed by atoms with Gasteiger partial charge in [0.25, 0.3) is 0 Å². The standard InChI is InChI=1S/C13H11Cl2NO3/c1-7(11-4-5-12(19-11)13(17)18)16-10-3-2-8(14)6-9(10)15/h2-7,16H,1H3,(H,17,18). The van der Waals surface area contributed by atoms with E-state index < -0.39 is 5.97 Å². The summed E-state index contributed by atoms with van der Waals surface area (Å²) in [7, 11) is 0. The monoisotopic (exact) mass is 299 g/mol. The van der Waals surface area contributed by atoms with Gasteiger partial charge in [0.2, 0.25) is 5.76 Å². The summed E-state index contributed by atoms with van der Waals surface area (Å²) in [5.74, 6) is -0.669. The Kier molecular flexibility index (Phi) is 4.02. The molecule has 0 radical (unpaired) electrons. The van der Waals surface area contributed by atoms with Crippen molar-refractivity contribution in [3.05, 3.63) is 51.9 Å². The topological polar surface area (TPSA) is 62.5 Å². The second-order valence-electron chi connectivity index (χ2n) is 4.00. The smallest absolute Gasteiger partial charge is 0.371 e. The molecule has 0 bridgehead atoms. The van der Waals surface area contributed by atoms with Gasteiger partial charge in [-0.2, -0.15) is 0 Å². The minimum atomic E-state index is -1.09. The number of carboxylic acid groups (broad SMARTS) is 1. The van der Waals surface area contributed by atoms with Crippen LogP contribution in [0.3, 0.4) is 0 Å². The third-order valence-corrected chi connectivity index (χ3v) is 3.12. The summed E-state index contributed by atoms with van der Waals surface area (Å²) >= 11 is 11.9. The molecule has 0 aliphatic carbocycles. The molecular formula is C13H11Cl2NO3. The lowest BCUT2D eigenvalue weighted by molar-refractivity contribution is 0.0660. The van der Waals surface area contributed by atoms with Gasteiger partial charge in [0, 0.05) is 5.02 Å². The van der Waals surface area contributed by atoms with E-state index in [-0.39, 0.29) is 11.8 Å². The maximum absolute atomic E-state index is 10.7. The largest absolute Gasteiger partial charge is 0.475 e. The van der Waals surface area contributed by atoms with Crippen LogP contribution in [0.5, 0.6) is 0 Å². The molecule has 4 nitrogen and oxygen atoms in total. The van der Waals surface area contributed by atoms with Crippen molar-refractivity contribution < 1.29 is 14.3 Å². The maximum Gasteiger partial charge on any atom is 0.371 e. The molecule has 1 atom stereocenters. The first kappa shape index (κ1) is 13.8. The van der Waals surface area contributed by atoms with E-state index in [4.69, 9.17) is 32.7 Å². The molecule has 19 heavy (non-hydrogen) atoms. The lowest BCUT2D eigenvalue weighted by Gasteiger charge is -2.14. The van der Waals surface area contributed by atoms with Crippen LogP contribution in [0, 0.1) is 0 Å². The van der Waals surface area contributed by atoms with Crippen LogP contribution >= 0.6 is 23.2 Å². The molecule has 1 unspecified atom stereocenters.